The van der Waals surface area contributed by atoms with E-state index in [9.17, 15) is 4.39 Å². The average Bonchev–Trinajstić information content (AvgIpc) is 2.48. The van der Waals surface area contributed by atoms with E-state index in [0.29, 0.717) is 0 Å². The topological polar surface area (TPSA) is 12.4 Å². The van der Waals surface area contributed by atoms with Crippen molar-refractivity contribution in [3.8, 4) is 0 Å². The van der Waals surface area contributed by atoms with Gasteiger partial charge in [0.2, 0.25) is 0 Å². The summed E-state index contributed by atoms with van der Waals surface area (Å²) in [5.41, 5.74) is 2.73. The third-order valence-corrected chi connectivity index (χ3v) is 2.36. The summed E-state index contributed by atoms with van der Waals surface area (Å²) in [5.74, 6) is 0.110. The van der Waals surface area contributed by atoms with Crippen molar-refractivity contribution < 1.29 is 4.39 Å². The molecule has 0 amide bonds. The van der Waals surface area contributed by atoms with Crippen molar-refractivity contribution in [2.75, 3.05) is 0 Å². The first-order valence-electron chi connectivity index (χ1n) is 4.53. The van der Waals surface area contributed by atoms with Crippen molar-refractivity contribution in [3.63, 3.8) is 0 Å². The molecule has 1 heterocycles. The second-order valence-corrected chi connectivity index (χ2v) is 3.67. The maximum absolute atomic E-state index is 13.4. The second kappa shape index (κ2) is 2.95. The molecule has 1 aromatic rings. The monoisotopic (exact) mass is 177 g/mol. The highest BCUT2D eigenvalue weighted by Gasteiger charge is 2.13. The van der Waals surface area contributed by atoms with Gasteiger partial charge in [-0.3, -0.25) is 4.99 Å². The van der Waals surface area contributed by atoms with Crippen LogP contribution in [0.4, 0.5) is 10.1 Å². The second-order valence-electron chi connectivity index (χ2n) is 3.67. The van der Waals surface area contributed by atoms with Crippen molar-refractivity contribution >= 4 is 11.9 Å². The fourth-order valence-corrected chi connectivity index (χ4v) is 1.60. The SMILES string of the molecule is CC(C)c1cc2c(cc1F)N=CC2. The fourth-order valence-electron chi connectivity index (χ4n) is 1.60. The van der Waals surface area contributed by atoms with E-state index in [-0.39, 0.29) is 11.7 Å². The first-order chi connectivity index (χ1) is 6.18. The number of hydrogen-bond donors (Lipinski definition) is 0. The summed E-state index contributed by atoms with van der Waals surface area (Å²) >= 11 is 0. The standard InChI is InChI=1S/C11H12FN/c1-7(2)9-5-8-3-4-13-11(8)6-10(9)12/h4-7H,3H2,1-2H3. The molecule has 0 bridgehead atoms. The first-order valence-corrected chi connectivity index (χ1v) is 4.53. The van der Waals surface area contributed by atoms with Crippen LogP contribution < -0.4 is 0 Å². The van der Waals surface area contributed by atoms with Gasteiger partial charge in [0, 0.05) is 18.7 Å². The molecule has 1 aliphatic rings. The number of benzene rings is 1. The Bertz CT molecular complexity index is 367. The van der Waals surface area contributed by atoms with Crippen LogP contribution in [-0.4, -0.2) is 6.21 Å². The Hall–Kier alpha value is -1.18. The summed E-state index contributed by atoms with van der Waals surface area (Å²) in [4.78, 5) is 4.10. The van der Waals surface area contributed by atoms with Crippen LogP contribution in [0.1, 0.15) is 30.9 Å². The van der Waals surface area contributed by atoms with Crippen LogP contribution in [0.5, 0.6) is 0 Å². The normalized spacial score (nSPS) is 13.8. The van der Waals surface area contributed by atoms with Crippen LogP contribution in [0.2, 0.25) is 0 Å². The third-order valence-electron chi connectivity index (χ3n) is 2.36. The molecule has 68 valence electrons. The van der Waals surface area contributed by atoms with Gasteiger partial charge in [-0.1, -0.05) is 19.9 Å². The predicted octanol–water partition coefficient (Wildman–Crippen LogP) is 3.21. The highest BCUT2D eigenvalue weighted by atomic mass is 19.1. The molecule has 0 fully saturated rings. The summed E-state index contributed by atoms with van der Waals surface area (Å²) in [6.45, 7) is 4.00. The Morgan fingerprint density at radius 2 is 2.15 bits per heavy atom. The molecule has 1 aliphatic heterocycles. The van der Waals surface area contributed by atoms with Crippen molar-refractivity contribution in [1.29, 1.82) is 0 Å². The first kappa shape index (κ1) is 8.42. The number of aliphatic imine (C=N–C) groups is 1. The largest absolute Gasteiger partial charge is 0.260 e. The Labute approximate surface area is 77.3 Å². The summed E-state index contributed by atoms with van der Waals surface area (Å²) in [5, 5.41) is 0. The number of hydrogen-bond acceptors (Lipinski definition) is 1. The molecule has 0 N–H and O–H groups in total. The van der Waals surface area contributed by atoms with Gasteiger partial charge < -0.3 is 0 Å². The van der Waals surface area contributed by atoms with Crippen LogP contribution in [0.25, 0.3) is 0 Å². The lowest BCUT2D eigenvalue weighted by Crippen LogP contribution is -1.94. The molecule has 2 rings (SSSR count). The van der Waals surface area contributed by atoms with E-state index < -0.39 is 0 Å². The van der Waals surface area contributed by atoms with Crippen LogP contribution in [-0.2, 0) is 6.42 Å². The predicted molar refractivity (Wildman–Crippen MR) is 52.3 cm³/mol. The van der Waals surface area contributed by atoms with Gasteiger partial charge in [-0.15, -0.1) is 0 Å². The third kappa shape index (κ3) is 1.37. The maximum Gasteiger partial charge on any atom is 0.128 e. The van der Waals surface area contributed by atoms with Crippen molar-refractivity contribution in [2.24, 2.45) is 4.99 Å². The average molecular weight is 177 g/mol. The van der Waals surface area contributed by atoms with Crippen LogP contribution >= 0.6 is 0 Å². The quantitative estimate of drug-likeness (QED) is 0.624. The van der Waals surface area contributed by atoms with Gasteiger partial charge in [0.25, 0.3) is 0 Å². The van der Waals surface area contributed by atoms with Crippen molar-refractivity contribution in [1.82, 2.24) is 0 Å². The molecular weight excluding hydrogens is 165 g/mol. The molecule has 0 saturated heterocycles. The zero-order valence-electron chi connectivity index (χ0n) is 7.84. The molecule has 1 aromatic carbocycles. The van der Waals surface area contributed by atoms with Gasteiger partial charge in [-0.2, -0.15) is 0 Å². The highest BCUT2D eigenvalue weighted by molar-refractivity contribution is 5.76. The van der Waals surface area contributed by atoms with Crippen molar-refractivity contribution in [3.05, 3.63) is 29.1 Å². The lowest BCUT2D eigenvalue weighted by atomic mass is 9.99. The van der Waals surface area contributed by atoms with Crippen molar-refractivity contribution in [2.45, 2.75) is 26.2 Å². The molecule has 13 heavy (non-hydrogen) atoms. The van der Waals surface area contributed by atoms with Gasteiger partial charge in [0.1, 0.15) is 5.82 Å². The van der Waals surface area contributed by atoms with Crippen LogP contribution in [0, 0.1) is 5.82 Å². The molecule has 0 saturated carbocycles. The highest BCUT2D eigenvalue weighted by Crippen LogP contribution is 2.30. The van der Waals surface area contributed by atoms with E-state index in [1.165, 1.54) is 6.07 Å². The van der Waals surface area contributed by atoms with E-state index in [2.05, 4.69) is 4.99 Å². The van der Waals surface area contributed by atoms with Gasteiger partial charge >= 0.3 is 0 Å². The Morgan fingerprint density at radius 1 is 1.38 bits per heavy atom. The molecule has 0 aromatic heterocycles. The Balaban J connectivity index is 2.53. The van der Waals surface area contributed by atoms with Gasteiger partial charge in [0.05, 0.1) is 5.69 Å². The summed E-state index contributed by atoms with van der Waals surface area (Å²) in [7, 11) is 0. The minimum absolute atomic E-state index is 0.132. The van der Waals surface area contributed by atoms with E-state index in [1.54, 1.807) is 0 Å². The smallest absolute Gasteiger partial charge is 0.128 e. The van der Waals surface area contributed by atoms with Gasteiger partial charge in [-0.05, 0) is 17.0 Å². The van der Waals surface area contributed by atoms with E-state index in [4.69, 9.17) is 0 Å². The molecule has 0 aliphatic carbocycles. The minimum atomic E-state index is -0.132. The Kier molecular flexibility index (Phi) is 1.91. The molecule has 0 spiro atoms. The van der Waals surface area contributed by atoms with Gasteiger partial charge in [0.15, 0.2) is 0 Å². The number of nitrogens with zero attached hydrogens (tertiary/aromatic N) is 1. The number of rotatable bonds is 1. The fraction of sp³-hybridized carbons (Fsp3) is 0.364. The van der Waals surface area contributed by atoms with Gasteiger partial charge in [-0.25, -0.2) is 4.39 Å². The van der Waals surface area contributed by atoms with E-state index in [1.807, 2.05) is 26.1 Å². The summed E-state index contributed by atoms with van der Waals surface area (Å²) in [6.07, 6.45) is 2.67. The lowest BCUT2D eigenvalue weighted by Gasteiger charge is -2.08. The molecule has 0 unspecified atom stereocenters. The minimum Gasteiger partial charge on any atom is -0.260 e. The maximum atomic E-state index is 13.4. The number of halogens is 1. The van der Waals surface area contributed by atoms with E-state index in [0.717, 1.165) is 23.2 Å². The molecule has 0 radical (unpaired) electrons. The summed E-state index contributed by atoms with van der Waals surface area (Å²) < 4.78 is 13.4. The molecule has 2 heteroatoms. The molecular formula is C11H12FN. The van der Waals surface area contributed by atoms with Crippen LogP contribution in [0.3, 0.4) is 0 Å². The molecule has 0 atom stereocenters. The summed E-state index contributed by atoms with van der Waals surface area (Å²) in [6, 6.07) is 3.47. The lowest BCUT2D eigenvalue weighted by molar-refractivity contribution is 0.598. The van der Waals surface area contributed by atoms with Crippen LogP contribution in [0.15, 0.2) is 17.1 Å². The molecule has 1 nitrogen and oxygen atoms in total. The Morgan fingerprint density at radius 3 is 2.85 bits per heavy atom. The zero-order valence-corrected chi connectivity index (χ0v) is 7.84. The number of fused-ring (bicyclic) bond motifs is 1. The van der Waals surface area contributed by atoms with E-state index >= 15 is 0 Å². The zero-order chi connectivity index (χ0) is 9.42.